The zero-order chi connectivity index (χ0) is 17.1. The highest BCUT2D eigenvalue weighted by molar-refractivity contribution is 6.05. The van der Waals surface area contributed by atoms with Crippen molar-refractivity contribution in [3.63, 3.8) is 0 Å². The normalized spacial score (nSPS) is 10.2. The summed E-state index contributed by atoms with van der Waals surface area (Å²) in [5.41, 5.74) is -1.18. The molecule has 0 saturated carbocycles. The number of nitro groups is 2. The Morgan fingerprint density at radius 3 is 1.96 bits per heavy atom. The highest BCUT2D eigenvalue weighted by Gasteiger charge is 2.25. The SMILES string of the molecule is Cc1c([N+](=O)[O-])cc(C(=O)Nc2ccc(F)cc2)cc1[N+](=O)[O-]. The van der Waals surface area contributed by atoms with Crippen molar-refractivity contribution in [3.05, 3.63) is 73.6 Å². The van der Waals surface area contributed by atoms with E-state index in [9.17, 15) is 29.4 Å². The number of carbonyl (C=O) groups is 1. The Hall–Kier alpha value is -3.36. The Balaban J connectivity index is 2.41. The van der Waals surface area contributed by atoms with Gasteiger partial charge in [-0.25, -0.2) is 4.39 Å². The zero-order valence-electron chi connectivity index (χ0n) is 11.8. The van der Waals surface area contributed by atoms with Crippen molar-refractivity contribution in [2.45, 2.75) is 6.92 Å². The fourth-order valence-corrected chi connectivity index (χ4v) is 1.93. The summed E-state index contributed by atoms with van der Waals surface area (Å²) in [6, 6.07) is 6.75. The third kappa shape index (κ3) is 3.46. The maximum absolute atomic E-state index is 12.8. The van der Waals surface area contributed by atoms with E-state index in [1.54, 1.807) is 0 Å². The van der Waals surface area contributed by atoms with Crippen LogP contribution in [0.4, 0.5) is 21.5 Å². The smallest absolute Gasteiger partial charge is 0.279 e. The summed E-state index contributed by atoms with van der Waals surface area (Å²) in [6.07, 6.45) is 0. The van der Waals surface area contributed by atoms with Crippen molar-refractivity contribution in [3.8, 4) is 0 Å². The van der Waals surface area contributed by atoms with Crippen LogP contribution in [0.25, 0.3) is 0 Å². The molecule has 0 atom stereocenters. The van der Waals surface area contributed by atoms with Crippen LogP contribution in [0, 0.1) is 33.0 Å². The molecule has 0 bridgehead atoms. The van der Waals surface area contributed by atoms with Crippen molar-refractivity contribution < 1.29 is 19.0 Å². The van der Waals surface area contributed by atoms with E-state index in [0.29, 0.717) is 0 Å². The lowest BCUT2D eigenvalue weighted by atomic mass is 10.1. The van der Waals surface area contributed by atoms with Gasteiger partial charge < -0.3 is 5.32 Å². The number of carbonyl (C=O) groups excluding carboxylic acids is 1. The molecule has 2 aromatic rings. The summed E-state index contributed by atoms with van der Waals surface area (Å²) >= 11 is 0. The number of nitro benzene ring substituents is 2. The molecule has 9 heteroatoms. The van der Waals surface area contributed by atoms with Gasteiger partial charge in [-0.15, -0.1) is 0 Å². The predicted octanol–water partition coefficient (Wildman–Crippen LogP) is 3.20. The minimum Gasteiger partial charge on any atom is -0.322 e. The number of hydrogen-bond acceptors (Lipinski definition) is 5. The number of nitrogens with one attached hydrogen (secondary N) is 1. The lowest BCUT2D eigenvalue weighted by Gasteiger charge is -2.06. The van der Waals surface area contributed by atoms with E-state index in [4.69, 9.17) is 0 Å². The van der Waals surface area contributed by atoms with Crippen molar-refractivity contribution >= 4 is 23.0 Å². The molecule has 0 saturated heterocycles. The fourth-order valence-electron chi connectivity index (χ4n) is 1.93. The van der Waals surface area contributed by atoms with Gasteiger partial charge in [0, 0.05) is 17.8 Å². The second kappa shape index (κ2) is 6.18. The van der Waals surface area contributed by atoms with Gasteiger partial charge in [-0.2, -0.15) is 0 Å². The van der Waals surface area contributed by atoms with Gasteiger partial charge in [0.05, 0.1) is 15.4 Å². The molecule has 0 radical (unpaired) electrons. The third-order valence-electron chi connectivity index (χ3n) is 3.11. The maximum Gasteiger partial charge on any atom is 0.279 e. The van der Waals surface area contributed by atoms with Crippen molar-refractivity contribution in [2.75, 3.05) is 5.32 Å². The van der Waals surface area contributed by atoms with Gasteiger partial charge in [0.1, 0.15) is 11.4 Å². The lowest BCUT2D eigenvalue weighted by molar-refractivity contribution is -0.395. The highest BCUT2D eigenvalue weighted by atomic mass is 19.1. The molecule has 118 valence electrons. The van der Waals surface area contributed by atoms with Crippen LogP contribution in [-0.2, 0) is 0 Å². The summed E-state index contributed by atoms with van der Waals surface area (Å²) in [5, 5.41) is 24.3. The largest absolute Gasteiger partial charge is 0.322 e. The molecule has 1 amide bonds. The molecule has 2 rings (SSSR count). The Labute approximate surface area is 128 Å². The number of anilines is 1. The van der Waals surface area contributed by atoms with Crippen LogP contribution >= 0.6 is 0 Å². The summed E-state index contributed by atoms with van der Waals surface area (Å²) in [7, 11) is 0. The van der Waals surface area contributed by atoms with Crippen molar-refractivity contribution in [1.29, 1.82) is 0 Å². The van der Waals surface area contributed by atoms with Crippen LogP contribution in [0.3, 0.4) is 0 Å². The van der Waals surface area contributed by atoms with E-state index in [0.717, 1.165) is 24.3 Å². The number of benzene rings is 2. The van der Waals surface area contributed by atoms with Crippen LogP contribution < -0.4 is 5.32 Å². The molecular formula is C14H10FN3O5. The monoisotopic (exact) mass is 319 g/mol. The van der Waals surface area contributed by atoms with E-state index < -0.39 is 32.9 Å². The van der Waals surface area contributed by atoms with Gasteiger partial charge in [0.15, 0.2) is 0 Å². The van der Waals surface area contributed by atoms with Gasteiger partial charge in [0.2, 0.25) is 0 Å². The average molecular weight is 319 g/mol. The van der Waals surface area contributed by atoms with Gasteiger partial charge in [-0.1, -0.05) is 0 Å². The topological polar surface area (TPSA) is 115 Å². The lowest BCUT2D eigenvalue weighted by Crippen LogP contribution is -2.13. The molecule has 0 heterocycles. The Morgan fingerprint density at radius 1 is 1.04 bits per heavy atom. The first-order valence-corrected chi connectivity index (χ1v) is 6.30. The van der Waals surface area contributed by atoms with Crippen LogP contribution in [0.15, 0.2) is 36.4 Å². The van der Waals surface area contributed by atoms with E-state index in [2.05, 4.69) is 5.32 Å². The molecule has 0 fully saturated rings. The van der Waals surface area contributed by atoms with Gasteiger partial charge >= 0.3 is 0 Å². The highest BCUT2D eigenvalue weighted by Crippen LogP contribution is 2.29. The summed E-state index contributed by atoms with van der Waals surface area (Å²) < 4.78 is 12.8. The molecule has 0 spiro atoms. The molecule has 0 aliphatic carbocycles. The minimum absolute atomic E-state index is 0.140. The first kappa shape index (κ1) is 16.0. The summed E-state index contributed by atoms with van der Waals surface area (Å²) in [6.45, 7) is 1.23. The second-order valence-corrected chi connectivity index (χ2v) is 4.61. The Bertz CT molecular complexity index is 770. The molecule has 23 heavy (non-hydrogen) atoms. The van der Waals surface area contributed by atoms with Gasteiger partial charge in [-0.3, -0.25) is 25.0 Å². The number of amides is 1. The Morgan fingerprint density at radius 2 is 1.52 bits per heavy atom. The first-order valence-electron chi connectivity index (χ1n) is 6.30. The number of hydrogen-bond donors (Lipinski definition) is 1. The quantitative estimate of drug-likeness (QED) is 0.686. The van der Waals surface area contributed by atoms with E-state index in [1.165, 1.54) is 19.1 Å². The zero-order valence-corrected chi connectivity index (χ0v) is 11.8. The van der Waals surface area contributed by atoms with E-state index in [-0.39, 0.29) is 16.8 Å². The number of halogens is 1. The summed E-state index contributed by atoms with van der Waals surface area (Å²) in [5.74, 6) is -1.27. The average Bonchev–Trinajstić information content (AvgIpc) is 2.49. The molecule has 1 N–H and O–H groups in total. The Kier molecular flexibility index (Phi) is 4.30. The third-order valence-corrected chi connectivity index (χ3v) is 3.11. The predicted molar refractivity (Wildman–Crippen MR) is 78.8 cm³/mol. The van der Waals surface area contributed by atoms with E-state index in [1.807, 2.05) is 0 Å². The standard InChI is InChI=1S/C14H10FN3O5/c1-8-12(17(20)21)6-9(7-13(8)18(22)23)14(19)16-11-4-2-10(15)3-5-11/h2-7H,1H3,(H,16,19). The van der Waals surface area contributed by atoms with Crippen molar-refractivity contribution in [1.82, 2.24) is 0 Å². The molecule has 0 aliphatic rings. The van der Waals surface area contributed by atoms with Crippen LogP contribution in [-0.4, -0.2) is 15.8 Å². The molecular weight excluding hydrogens is 309 g/mol. The van der Waals surface area contributed by atoms with Crippen LogP contribution in [0.1, 0.15) is 15.9 Å². The minimum atomic E-state index is -0.795. The molecule has 2 aromatic carbocycles. The summed E-state index contributed by atoms with van der Waals surface area (Å²) in [4.78, 5) is 32.5. The van der Waals surface area contributed by atoms with Crippen molar-refractivity contribution in [2.24, 2.45) is 0 Å². The van der Waals surface area contributed by atoms with Gasteiger partial charge in [0.25, 0.3) is 17.3 Å². The van der Waals surface area contributed by atoms with Crippen LogP contribution in [0.5, 0.6) is 0 Å². The number of rotatable bonds is 4. The maximum atomic E-state index is 12.8. The molecule has 8 nitrogen and oxygen atoms in total. The first-order chi connectivity index (χ1) is 10.8. The van der Waals surface area contributed by atoms with Gasteiger partial charge in [-0.05, 0) is 31.2 Å². The molecule has 0 aliphatic heterocycles. The van der Waals surface area contributed by atoms with E-state index >= 15 is 0 Å². The number of nitrogens with zero attached hydrogens (tertiary/aromatic N) is 2. The van der Waals surface area contributed by atoms with Crippen LogP contribution in [0.2, 0.25) is 0 Å². The molecule has 0 unspecified atom stereocenters. The molecule has 0 aromatic heterocycles. The fraction of sp³-hybridized carbons (Fsp3) is 0.0714. The second-order valence-electron chi connectivity index (χ2n) is 4.61.